The molecule has 0 saturated heterocycles. The summed E-state index contributed by atoms with van der Waals surface area (Å²) in [4.78, 5) is 0. The average molecular weight is 307 g/mol. The third-order valence-corrected chi connectivity index (χ3v) is 2.59. The fraction of sp³-hybridized carbons (Fsp3) is 0.333. The molecule has 114 valence electrons. The molecule has 2 N–H and O–H groups in total. The van der Waals surface area contributed by atoms with E-state index in [1.165, 1.54) is 0 Å². The number of ether oxygens (including phenoxy) is 2. The molecular weight excluding hydrogens is 286 g/mol. The van der Waals surface area contributed by atoms with E-state index in [1.54, 1.807) is 12.3 Å². The maximum Gasteiger partial charge on any atom is 0.187 e. The Morgan fingerprint density at radius 3 is 2.67 bits per heavy atom. The predicted molar refractivity (Wildman–Crippen MR) is 90.3 cm³/mol. The molecule has 0 amide bonds. The van der Waals surface area contributed by atoms with Crippen LogP contribution in [0.1, 0.15) is 19.4 Å². The standard InChI is InChI=1S/C15H21N3O2S/c1-4-9-16-15(21)18-17-11-12-7-8-13(19-5-2)14(10-12)20-6-3/h4,7-8,10-11H,1,5-6,9H2,2-3H3,(H2,16,18,21)/b17-11+. The third kappa shape index (κ3) is 6.27. The van der Waals surface area contributed by atoms with E-state index in [0.717, 1.165) is 11.3 Å². The van der Waals surface area contributed by atoms with Crippen molar-refractivity contribution in [2.24, 2.45) is 5.10 Å². The molecule has 0 aliphatic rings. The van der Waals surface area contributed by atoms with Gasteiger partial charge in [0.15, 0.2) is 16.6 Å². The molecule has 0 saturated carbocycles. The molecule has 5 nitrogen and oxygen atoms in total. The van der Waals surface area contributed by atoms with Crippen LogP contribution in [0.5, 0.6) is 11.5 Å². The van der Waals surface area contributed by atoms with E-state index in [1.807, 2.05) is 32.0 Å². The van der Waals surface area contributed by atoms with Gasteiger partial charge in [0, 0.05) is 6.54 Å². The number of hydrogen-bond donors (Lipinski definition) is 2. The Morgan fingerprint density at radius 2 is 2.00 bits per heavy atom. The summed E-state index contributed by atoms with van der Waals surface area (Å²) < 4.78 is 11.1. The summed E-state index contributed by atoms with van der Waals surface area (Å²) >= 11 is 5.03. The lowest BCUT2D eigenvalue weighted by Gasteiger charge is -2.11. The molecule has 0 heterocycles. The Morgan fingerprint density at radius 1 is 1.29 bits per heavy atom. The SMILES string of the molecule is C=CCNC(=S)N/N=C/c1ccc(OCC)c(OCC)c1. The Kier molecular flexibility index (Phi) is 7.89. The molecule has 0 fully saturated rings. The van der Waals surface area contributed by atoms with Crippen molar-refractivity contribution < 1.29 is 9.47 Å². The monoisotopic (exact) mass is 307 g/mol. The zero-order chi connectivity index (χ0) is 15.5. The normalized spacial score (nSPS) is 10.2. The summed E-state index contributed by atoms with van der Waals surface area (Å²) in [6.45, 7) is 9.24. The second kappa shape index (κ2) is 9.77. The molecule has 0 aliphatic heterocycles. The lowest BCUT2D eigenvalue weighted by molar-refractivity contribution is 0.288. The Balaban J connectivity index is 2.68. The van der Waals surface area contributed by atoms with E-state index in [4.69, 9.17) is 21.7 Å². The largest absolute Gasteiger partial charge is 0.490 e. The van der Waals surface area contributed by atoms with Crippen molar-refractivity contribution in [2.45, 2.75) is 13.8 Å². The van der Waals surface area contributed by atoms with Gasteiger partial charge < -0.3 is 14.8 Å². The fourth-order valence-corrected chi connectivity index (χ4v) is 1.65. The second-order valence-electron chi connectivity index (χ2n) is 3.94. The van der Waals surface area contributed by atoms with Crippen molar-refractivity contribution >= 4 is 23.5 Å². The molecule has 1 aromatic carbocycles. The lowest BCUT2D eigenvalue weighted by Crippen LogP contribution is -2.31. The maximum absolute atomic E-state index is 5.55. The maximum atomic E-state index is 5.55. The van der Waals surface area contributed by atoms with Gasteiger partial charge in [0.1, 0.15) is 0 Å². The molecule has 0 atom stereocenters. The van der Waals surface area contributed by atoms with Crippen LogP contribution >= 0.6 is 12.2 Å². The van der Waals surface area contributed by atoms with Crippen LogP contribution < -0.4 is 20.2 Å². The van der Waals surface area contributed by atoms with Gasteiger partial charge in [0.05, 0.1) is 19.4 Å². The van der Waals surface area contributed by atoms with Gasteiger partial charge >= 0.3 is 0 Å². The summed E-state index contributed by atoms with van der Waals surface area (Å²) in [5.41, 5.74) is 3.62. The van der Waals surface area contributed by atoms with E-state index in [2.05, 4.69) is 22.4 Å². The first-order chi connectivity index (χ1) is 10.2. The minimum Gasteiger partial charge on any atom is -0.490 e. The molecule has 0 unspecified atom stereocenters. The predicted octanol–water partition coefficient (Wildman–Crippen LogP) is 2.47. The third-order valence-electron chi connectivity index (χ3n) is 2.35. The molecular formula is C15H21N3O2S. The number of benzene rings is 1. The van der Waals surface area contributed by atoms with Crippen LogP contribution in [0.25, 0.3) is 0 Å². The minimum absolute atomic E-state index is 0.446. The number of thiocarbonyl (C=S) groups is 1. The number of nitrogens with zero attached hydrogens (tertiary/aromatic N) is 1. The smallest absolute Gasteiger partial charge is 0.187 e. The van der Waals surface area contributed by atoms with Crippen LogP contribution in [-0.4, -0.2) is 31.1 Å². The Hall–Kier alpha value is -2.08. The molecule has 0 aromatic heterocycles. The van der Waals surface area contributed by atoms with Gasteiger partial charge in [0.25, 0.3) is 0 Å². The van der Waals surface area contributed by atoms with Crippen LogP contribution in [-0.2, 0) is 0 Å². The van der Waals surface area contributed by atoms with Gasteiger partial charge in [-0.25, -0.2) is 0 Å². The van der Waals surface area contributed by atoms with Gasteiger partial charge in [-0.05, 0) is 49.8 Å². The van der Waals surface area contributed by atoms with E-state index in [0.29, 0.717) is 30.6 Å². The lowest BCUT2D eigenvalue weighted by atomic mass is 10.2. The van der Waals surface area contributed by atoms with Crippen molar-refractivity contribution in [3.8, 4) is 11.5 Å². The van der Waals surface area contributed by atoms with Gasteiger partial charge in [-0.2, -0.15) is 5.10 Å². The highest BCUT2D eigenvalue weighted by molar-refractivity contribution is 7.80. The van der Waals surface area contributed by atoms with E-state index < -0.39 is 0 Å². The summed E-state index contributed by atoms with van der Waals surface area (Å²) in [5, 5.41) is 7.43. The number of nitrogens with one attached hydrogen (secondary N) is 2. The second-order valence-corrected chi connectivity index (χ2v) is 4.35. The first kappa shape index (κ1) is 17.0. The summed E-state index contributed by atoms with van der Waals surface area (Å²) in [6.07, 6.45) is 3.39. The highest BCUT2D eigenvalue weighted by Crippen LogP contribution is 2.27. The molecule has 1 aromatic rings. The zero-order valence-corrected chi connectivity index (χ0v) is 13.2. The molecule has 6 heteroatoms. The van der Waals surface area contributed by atoms with Crippen LogP contribution in [0.15, 0.2) is 36.0 Å². The molecule has 1 rings (SSSR count). The van der Waals surface area contributed by atoms with Crippen LogP contribution in [0.2, 0.25) is 0 Å². The minimum atomic E-state index is 0.446. The number of hydrogen-bond acceptors (Lipinski definition) is 4. The van der Waals surface area contributed by atoms with Crippen molar-refractivity contribution in [2.75, 3.05) is 19.8 Å². The van der Waals surface area contributed by atoms with Gasteiger partial charge in [-0.3, -0.25) is 5.43 Å². The first-order valence-electron chi connectivity index (χ1n) is 6.78. The summed E-state index contributed by atoms with van der Waals surface area (Å²) in [7, 11) is 0. The van der Waals surface area contributed by atoms with Gasteiger partial charge in [-0.1, -0.05) is 6.08 Å². The first-order valence-corrected chi connectivity index (χ1v) is 7.19. The highest BCUT2D eigenvalue weighted by atomic mass is 32.1. The topological polar surface area (TPSA) is 54.9 Å². The summed E-state index contributed by atoms with van der Waals surface area (Å²) in [6, 6.07) is 5.64. The zero-order valence-electron chi connectivity index (χ0n) is 12.4. The van der Waals surface area contributed by atoms with Gasteiger partial charge in [0.2, 0.25) is 0 Å². The van der Waals surface area contributed by atoms with Crippen molar-refractivity contribution in [3.63, 3.8) is 0 Å². The van der Waals surface area contributed by atoms with E-state index >= 15 is 0 Å². The quantitative estimate of drug-likeness (QED) is 0.334. The van der Waals surface area contributed by atoms with Crippen LogP contribution in [0, 0.1) is 0 Å². The van der Waals surface area contributed by atoms with Crippen molar-refractivity contribution in [1.82, 2.24) is 10.7 Å². The molecule has 0 aliphatic carbocycles. The number of rotatable bonds is 8. The van der Waals surface area contributed by atoms with E-state index in [-0.39, 0.29) is 0 Å². The molecule has 0 spiro atoms. The molecule has 21 heavy (non-hydrogen) atoms. The average Bonchev–Trinajstić information content (AvgIpc) is 2.48. The Bertz CT molecular complexity index is 504. The molecule has 0 bridgehead atoms. The van der Waals surface area contributed by atoms with E-state index in [9.17, 15) is 0 Å². The van der Waals surface area contributed by atoms with Crippen LogP contribution in [0.3, 0.4) is 0 Å². The van der Waals surface area contributed by atoms with Crippen LogP contribution in [0.4, 0.5) is 0 Å². The summed E-state index contributed by atoms with van der Waals surface area (Å²) in [5.74, 6) is 1.43. The van der Waals surface area contributed by atoms with Crippen molar-refractivity contribution in [3.05, 3.63) is 36.4 Å². The van der Waals surface area contributed by atoms with Crippen molar-refractivity contribution in [1.29, 1.82) is 0 Å². The fourth-order valence-electron chi connectivity index (χ4n) is 1.52. The number of hydrazone groups is 1. The highest BCUT2D eigenvalue weighted by Gasteiger charge is 2.04. The molecule has 0 radical (unpaired) electrons. The van der Waals surface area contributed by atoms with Gasteiger partial charge in [-0.15, -0.1) is 6.58 Å². The Labute approximate surface area is 131 Å².